The number of benzene rings is 3. The number of carbonyl (C=O) groups excluding carboxylic acids is 3. The quantitative estimate of drug-likeness (QED) is 0.0549. The second kappa shape index (κ2) is 33.5. The maximum Gasteiger partial charge on any atom is 0.408 e. The number of nitrogens with one attached hydrogen (secondary N) is 1. The van der Waals surface area contributed by atoms with Gasteiger partial charge in [0.1, 0.15) is 28.4 Å². The predicted octanol–water partition coefficient (Wildman–Crippen LogP) is 13.8. The Labute approximate surface area is 580 Å². The molecule has 22 nitrogen and oxygen atoms in total. The van der Waals surface area contributed by atoms with Gasteiger partial charge in [-0.1, -0.05) is 113 Å². The van der Waals surface area contributed by atoms with Crippen molar-refractivity contribution < 1.29 is 47.9 Å². The van der Waals surface area contributed by atoms with Crippen LogP contribution < -0.4 is 45.7 Å². The van der Waals surface area contributed by atoms with Crippen molar-refractivity contribution in [1.29, 1.82) is 0 Å². The summed E-state index contributed by atoms with van der Waals surface area (Å²) in [5.41, 5.74) is 14.3. The van der Waals surface area contributed by atoms with Gasteiger partial charge in [-0.2, -0.15) is 15.0 Å². The van der Waals surface area contributed by atoms with Crippen LogP contribution in [0.5, 0.6) is 17.6 Å². The zero-order chi connectivity index (χ0) is 66.8. The van der Waals surface area contributed by atoms with E-state index in [1.165, 1.54) is 21.3 Å². The average molecular weight is 1430 g/mol. The summed E-state index contributed by atoms with van der Waals surface area (Å²) in [7, 11) is 4.49. The summed E-state index contributed by atoms with van der Waals surface area (Å²) < 4.78 is 32.4. The van der Waals surface area contributed by atoms with Crippen molar-refractivity contribution >= 4 is 117 Å². The number of hydrogen-bond donors (Lipinski definition) is 4. The Morgan fingerprint density at radius 2 is 0.871 bits per heavy atom. The number of esters is 2. The SMILES string of the molecule is C.CCOC(=O)c1nc(-c2cccc(Cl)c2Cl)c(OC)nc1N1CCC(C)(N)CC1.CCOC(=O)c1nc(-c2cccc(Cl)c2Cl)c(OC)nc1N1CCC(C)(NC(=O)OC(C)(C)C)CC1.COc1nc(N2CCC(C)(N)CC2)c(CO)nc1-c1cccc(Cl)c1Cl.Cl. The maximum absolute atomic E-state index is 12.9. The van der Waals surface area contributed by atoms with Gasteiger partial charge in [-0.15, -0.1) is 12.4 Å². The van der Waals surface area contributed by atoms with Crippen LogP contribution in [-0.2, 0) is 20.8 Å². The normalized spacial score (nSPS) is 15.5. The summed E-state index contributed by atoms with van der Waals surface area (Å²) in [6.45, 7) is 18.9. The minimum absolute atomic E-state index is 0. The molecule has 0 aliphatic carbocycles. The van der Waals surface area contributed by atoms with E-state index in [9.17, 15) is 19.5 Å². The van der Waals surface area contributed by atoms with E-state index in [-0.39, 0.29) is 84.6 Å². The highest BCUT2D eigenvalue weighted by Gasteiger charge is 2.37. The van der Waals surface area contributed by atoms with Crippen LogP contribution in [0.2, 0.25) is 30.1 Å². The summed E-state index contributed by atoms with van der Waals surface area (Å²) in [4.78, 5) is 71.6. The summed E-state index contributed by atoms with van der Waals surface area (Å²) >= 11 is 37.6. The molecule has 0 bridgehead atoms. The van der Waals surface area contributed by atoms with Crippen LogP contribution in [-0.4, -0.2) is 149 Å². The molecule has 93 heavy (non-hydrogen) atoms. The molecule has 29 heteroatoms. The number of methoxy groups -OCH3 is 3. The average Bonchev–Trinajstić information content (AvgIpc) is 0.802. The molecule has 508 valence electrons. The lowest BCUT2D eigenvalue weighted by Gasteiger charge is -2.40. The van der Waals surface area contributed by atoms with Gasteiger partial charge < -0.3 is 65.0 Å². The van der Waals surface area contributed by atoms with Crippen LogP contribution in [0.3, 0.4) is 0 Å². The number of piperidine rings is 3. The summed E-state index contributed by atoms with van der Waals surface area (Å²) in [6.07, 6.45) is 3.94. The highest BCUT2D eigenvalue weighted by Crippen LogP contribution is 2.42. The smallest absolute Gasteiger partial charge is 0.408 e. The van der Waals surface area contributed by atoms with Crippen molar-refractivity contribution in [2.45, 2.75) is 130 Å². The second-order valence-corrected chi connectivity index (χ2v) is 26.1. The van der Waals surface area contributed by atoms with E-state index in [0.29, 0.717) is 121 Å². The monoisotopic (exact) mass is 1420 g/mol. The Kier molecular flexibility index (Phi) is 27.9. The van der Waals surface area contributed by atoms with E-state index in [2.05, 4.69) is 40.1 Å². The molecule has 3 aromatic heterocycles. The van der Waals surface area contributed by atoms with Gasteiger partial charge in [-0.05, 0) is 112 Å². The first kappa shape index (κ1) is 77.5. The molecule has 0 unspecified atom stereocenters. The van der Waals surface area contributed by atoms with E-state index >= 15 is 0 Å². The molecular formula is C64H83Cl7N12O10. The van der Waals surface area contributed by atoms with E-state index < -0.39 is 29.2 Å². The molecule has 0 radical (unpaired) electrons. The first-order valence-corrected chi connectivity index (χ1v) is 31.8. The Balaban J connectivity index is 0.000000254. The fraction of sp³-hybridized carbons (Fsp3) is 0.484. The van der Waals surface area contributed by atoms with Crippen molar-refractivity contribution in [3.8, 4) is 51.4 Å². The van der Waals surface area contributed by atoms with Crippen LogP contribution >= 0.6 is 82.0 Å². The number of carbonyl (C=O) groups is 3. The number of anilines is 3. The minimum atomic E-state index is -0.609. The largest absolute Gasteiger partial charge is 0.479 e. The Morgan fingerprint density at radius 3 is 1.19 bits per heavy atom. The Hall–Kier alpha value is -6.18. The molecule has 3 aliphatic heterocycles. The third-order valence-electron chi connectivity index (χ3n) is 15.3. The molecule has 0 atom stereocenters. The Morgan fingerprint density at radius 1 is 0.548 bits per heavy atom. The number of nitrogens with zero attached hydrogens (tertiary/aromatic N) is 9. The fourth-order valence-electron chi connectivity index (χ4n) is 10.1. The number of ether oxygens (including phenoxy) is 6. The standard InChI is InChI=1S/C25H32Cl2N4O5.C20H24Cl2N4O3.C18H22Cl2N4O2.CH4.ClH/c1-7-35-22(32)19-20(29-21(34-6)18(28-19)15-9-8-10-16(26)17(15)27)31-13-11-25(5,12-14-31)30-23(33)36-24(2,3)4;1-4-29-19(27)16-17(26-10-8-20(2,23)9-11-26)25-18(28-3)15(24-16)12-6-5-7-13(21)14(12)22;1-18(21)6-8-24(9-7-18)16-13(10-25)22-15(17(23-16)26-2)11-4-3-5-12(19)14(11)20;;/h8-10H,7,11-14H2,1-6H3,(H,30,33);5-7H,4,8-11,23H2,1-3H3;3-5,25H,6-10,21H2,1-2H3;1H4;1H. The number of aliphatic hydroxyl groups excluding tert-OH is 1. The second-order valence-electron chi connectivity index (χ2n) is 23.7. The maximum atomic E-state index is 12.9. The number of rotatable bonds is 15. The topological polar surface area (TPSA) is 278 Å². The molecule has 6 N–H and O–H groups in total. The van der Waals surface area contributed by atoms with E-state index in [4.69, 9.17) is 109 Å². The minimum Gasteiger partial charge on any atom is -0.479 e. The van der Waals surface area contributed by atoms with Gasteiger partial charge in [0.05, 0.1) is 71.3 Å². The molecule has 3 aromatic carbocycles. The summed E-state index contributed by atoms with van der Waals surface area (Å²) in [6, 6.07) is 15.6. The fourth-order valence-corrected chi connectivity index (χ4v) is 11.3. The molecular weight excluding hydrogens is 1340 g/mol. The van der Waals surface area contributed by atoms with Crippen LogP contribution in [0, 0.1) is 0 Å². The van der Waals surface area contributed by atoms with Crippen LogP contribution in [0.1, 0.15) is 128 Å². The lowest BCUT2D eigenvalue weighted by molar-refractivity contribution is 0.0446. The molecule has 9 rings (SSSR count). The van der Waals surface area contributed by atoms with Gasteiger partial charge in [-0.25, -0.2) is 29.3 Å². The molecule has 3 saturated heterocycles. The highest BCUT2D eigenvalue weighted by atomic mass is 35.5. The number of hydrogen-bond acceptors (Lipinski definition) is 21. The number of aromatic nitrogens is 6. The summed E-state index contributed by atoms with van der Waals surface area (Å²) in [5.74, 6) is 0.981. The number of nitrogens with two attached hydrogens (primary N) is 2. The van der Waals surface area contributed by atoms with E-state index in [1.807, 2.05) is 51.3 Å². The molecule has 6 aromatic rings. The molecule has 0 saturated carbocycles. The van der Waals surface area contributed by atoms with Gasteiger partial charge in [0.2, 0.25) is 17.6 Å². The van der Waals surface area contributed by atoms with Gasteiger partial charge in [0.15, 0.2) is 28.8 Å². The third kappa shape index (κ3) is 19.5. The lowest BCUT2D eigenvalue weighted by Crippen LogP contribution is -2.54. The van der Waals surface area contributed by atoms with Crippen molar-refractivity contribution in [3.63, 3.8) is 0 Å². The number of amides is 1. The van der Waals surface area contributed by atoms with Gasteiger partial charge >= 0.3 is 18.0 Å². The number of alkyl carbamates (subject to hydrolysis) is 1. The van der Waals surface area contributed by atoms with Gasteiger partial charge in [0.25, 0.3) is 0 Å². The lowest BCUT2D eigenvalue weighted by atomic mass is 9.89. The summed E-state index contributed by atoms with van der Waals surface area (Å²) in [5, 5.41) is 14.9. The zero-order valence-corrected chi connectivity index (χ0v) is 58.6. The molecule has 1 amide bonds. The predicted molar refractivity (Wildman–Crippen MR) is 371 cm³/mol. The van der Waals surface area contributed by atoms with Crippen molar-refractivity contribution in [3.05, 3.63) is 102 Å². The highest BCUT2D eigenvalue weighted by molar-refractivity contribution is 6.45. The first-order valence-electron chi connectivity index (χ1n) is 29.5. The zero-order valence-electron chi connectivity index (χ0n) is 53.3. The van der Waals surface area contributed by atoms with Crippen LogP contribution in [0.15, 0.2) is 54.6 Å². The molecule has 0 spiro atoms. The Bertz CT molecular complexity index is 3570. The number of halogens is 7. The number of aliphatic hydroxyl groups is 1. The van der Waals surface area contributed by atoms with E-state index in [0.717, 1.165) is 38.8 Å². The van der Waals surface area contributed by atoms with Gasteiger partial charge in [0, 0.05) is 72.6 Å². The van der Waals surface area contributed by atoms with Crippen LogP contribution in [0.4, 0.5) is 22.2 Å². The third-order valence-corrected chi connectivity index (χ3v) is 17.7. The molecule has 3 fully saturated rings. The van der Waals surface area contributed by atoms with Crippen molar-refractivity contribution in [1.82, 2.24) is 35.2 Å². The molecule has 6 heterocycles. The first-order chi connectivity index (χ1) is 43.0. The van der Waals surface area contributed by atoms with Gasteiger partial charge in [-0.3, -0.25) is 0 Å². The van der Waals surface area contributed by atoms with Crippen molar-refractivity contribution in [2.24, 2.45) is 11.5 Å². The van der Waals surface area contributed by atoms with Crippen molar-refractivity contribution in [2.75, 3.05) is 88.5 Å². The van der Waals surface area contributed by atoms with E-state index in [1.54, 1.807) is 68.4 Å². The van der Waals surface area contributed by atoms with Crippen LogP contribution in [0.25, 0.3) is 33.8 Å². The molecule has 3 aliphatic rings.